The fourth-order valence-electron chi connectivity index (χ4n) is 2.62. The van der Waals surface area contributed by atoms with E-state index in [1.54, 1.807) is 6.20 Å². The largest absolute Gasteiger partial charge is 0.417 e. The van der Waals surface area contributed by atoms with Gasteiger partial charge in [-0.1, -0.05) is 30.7 Å². The minimum absolute atomic E-state index is 0.227. The monoisotopic (exact) mass is 368 g/mol. The van der Waals surface area contributed by atoms with Gasteiger partial charge in [0.25, 0.3) is 0 Å². The second-order valence-electron chi connectivity index (χ2n) is 5.64. The van der Waals surface area contributed by atoms with Gasteiger partial charge >= 0.3 is 6.18 Å². The average molecular weight is 369 g/mol. The number of nitrogens with one attached hydrogen (secondary N) is 1. The van der Waals surface area contributed by atoms with Gasteiger partial charge in [-0.3, -0.25) is 0 Å². The van der Waals surface area contributed by atoms with E-state index in [4.69, 9.17) is 11.6 Å². The van der Waals surface area contributed by atoms with Crippen molar-refractivity contribution in [2.75, 3.05) is 23.3 Å². The molecular formula is C17H16ClF3N4. The number of nitrogens with zero attached hydrogens (tertiary/aromatic N) is 3. The van der Waals surface area contributed by atoms with Gasteiger partial charge in [-0.15, -0.1) is 0 Å². The molecule has 0 saturated heterocycles. The summed E-state index contributed by atoms with van der Waals surface area (Å²) < 4.78 is 38.9. The zero-order valence-electron chi connectivity index (χ0n) is 13.4. The van der Waals surface area contributed by atoms with Gasteiger partial charge in [0.15, 0.2) is 0 Å². The Morgan fingerprint density at radius 3 is 2.84 bits per heavy atom. The SMILES string of the molecule is CCCN1CC=Cc2cnc(Nc3ccc(Cl)c(C(F)(F)F)c3)nc21. The van der Waals surface area contributed by atoms with Crippen LogP contribution in [0.5, 0.6) is 0 Å². The number of alkyl halides is 3. The molecule has 25 heavy (non-hydrogen) atoms. The number of anilines is 3. The van der Waals surface area contributed by atoms with E-state index in [9.17, 15) is 13.2 Å². The number of benzene rings is 1. The topological polar surface area (TPSA) is 41.1 Å². The number of hydrogen-bond acceptors (Lipinski definition) is 4. The Hall–Kier alpha value is -2.28. The summed E-state index contributed by atoms with van der Waals surface area (Å²) >= 11 is 5.64. The Labute approximate surface area is 148 Å². The van der Waals surface area contributed by atoms with Gasteiger partial charge in [-0.05, 0) is 24.6 Å². The van der Waals surface area contributed by atoms with E-state index in [-0.39, 0.29) is 16.7 Å². The van der Waals surface area contributed by atoms with Gasteiger partial charge in [0.05, 0.1) is 10.6 Å². The summed E-state index contributed by atoms with van der Waals surface area (Å²) in [6.07, 6.45) is 2.07. The van der Waals surface area contributed by atoms with Crippen molar-refractivity contribution < 1.29 is 13.2 Å². The fraction of sp³-hybridized carbons (Fsp3) is 0.294. The van der Waals surface area contributed by atoms with Crippen LogP contribution in [0, 0.1) is 0 Å². The maximum Gasteiger partial charge on any atom is 0.417 e. The number of rotatable bonds is 4. The molecule has 0 bridgehead atoms. The highest BCUT2D eigenvalue weighted by atomic mass is 35.5. The molecule has 0 amide bonds. The standard InChI is InChI=1S/C17H16ClF3N4/c1-2-7-25-8-3-4-11-10-22-16(24-15(11)25)23-12-5-6-14(18)13(9-12)17(19,20)21/h3-6,9-10H,2,7-8H2,1H3,(H,22,23,24). The number of halogens is 4. The van der Waals surface area contributed by atoms with Crippen molar-refractivity contribution in [3.05, 3.63) is 46.6 Å². The lowest BCUT2D eigenvalue weighted by Gasteiger charge is -2.26. The van der Waals surface area contributed by atoms with Gasteiger partial charge in [0, 0.05) is 30.5 Å². The molecule has 8 heteroatoms. The third-order valence-corrected chi connectivity index (χ3v) is 4.07. The molecule has 0 spiro atoms. The molecule has 2 heterocycles. The summed E-state index contributed by atoms with van der Waals surface area (Å²) in [4.78, 5) is 10.7. The molecule has 1 aromatic carbocycles. The molecule has 0 unspecified atom stereocenters. The molecule has 1 aliphatic rings. The molecule has 2 aromatic rings. The highest BCUT2D eigenvalue weighted by Gasteiger charge is 2.33. The van der Waals surface area contributed by atoms with Gasteiger partial charge in [0.1, 0.15) is 5.82 Å². The molecule has 1 N–H and O–H groups in total. The van der Waals surface area contributed by atoms with Crippen molar-refractivity contribution in [1.29, 1.82) is 0 Å². The lowest BCUT2D eigenvalue weighted by Crippen LogP contribution is -2.28. The average Bonchev–Trinajstić information content (AvgIpc) is 2.56. The smallest absolute Gasteiger partial charge is 0.352 e. The summed E-state index contributed by atoms with van der Waals surface area (Å²) in [6.45, 7) is 3.66. The molecule has 1 aromatic heterocycles. The molecule has 0 radical (unpaired) electrons. The second-order valence-corrected chi connectivity index (χ2v) is 6.05. The first-order chi connectivity index (χ1) is 11.9. The van der Waals surface area contributed by atoms with Crippen LogP contribution in [0.4, 0.5) is 30.6 Å². The molecular weight excluding hydrogens is 353 g/mol. The Balaban J connectivity index is 1.89. The normalized spacial score (nSPS) is 13.7. The van der Waals surface area contributed by atoms with Gasteiger partial charge < -0.3 is 10.2 Å². The van der Waals surface area contributed by atoms with Crippen molar-refractivity contribution in [3.8, 4) is 0 Å². The van der Waals surface area contributed by atoms with Crippen LogP contribution in [0.3, 0.4) is 0 Å². The van der Waals surface area contributed by atoms with Crippen LogP contribution in [0.2, 0.25) is 5.02 Å². The molecule has 1 aliphatic heterocycles. The first-order valence-corrected chi connectivity index (χ1v) is 8.18. The highest BCUT2D eigenvalue weighted by molar-refractivity contribution is 6.31. The zero-order valence-corrected chi connectivity index (χ0v) is 14.2. The summed E-state index contributed by atoms with van der Waals surface area (Å²) in [6, 6.07) is 3.62. The first kappa shape index (κ1) is 17.5. The van der Waals surface area contributed by atoms with Crippen molar-refractivity contribution in [2.45, 2.75) is 19.5 Å². The minimum Gasteiger partial charge on any atom is -0.352 e. The van der Waals surface area contributed by atoms with Gasteiger partial charge in [0.2, 0.25) is 5.95 Å². The zero-order chi connectivity index (χ0) is 18.0. The van der Waals surface area contributed by atoms with E-state index in [1.807, 2.05) is 12.2 Å². The Kier molecular flexibility index (Phi) is 4.85. The highest BCUT2D eigenvalue weighted by Crippen LogP contribution is 2.36. The Morgan fingerprint density at radius 1 is 1.32 bits per heavy atom. The molecule has 0 saturated carbocycles. The maximum atomic E-state index is 13.0. The quantitative estimate of drug-likeness (QED) is 0.811. The van der Waals surface area contributed by atoms with Crippen molar-refractivity contribution in [2.24, 2.45) is 0 Å². The summed E-state index contributed by atoms with van der Waals surface area (Å²) in [7, 11) is 0. The number of hydrogen-bond donors (Lipinski definition) is 1. The van der Waals surface area contributed by atoms with E-state index in [0.29, 0.717) is 0 Å². The van der Waals surface area contributed by atoms with Crippen molar-refractivity contribution in [1.82, 2.24) is 9.97 Å². The fourth-order valence-corrected chi connectivity index (χ4v) is 2.85. The molecule has 0 aliphatic carbocycles. The van der Waals surface area contributed by atoms with E-state index >= 15 is 0 Å². The predicted molar refractivity (Wildman–Crippen MR) is 93.3 cm³/mol. The minimum atomic E-state index is -4.52. The molecule has 0 atom stereocenters. The molecule has 4 nitrogen and oxygen atoms in total. The van der Waals surface area contributed by atoms with Crippen molar-refractivity contribution in [3.63, 3.8) is 0 Å². The van der Waals surface area contributed by atoms with Crippen LogP contribution in [0.25, 0.3) is 6.08 Å². The van der Waals surface area contributed by atoms with E-state index in [1.165, 1.54) is 12.1 Å². The van der Waals surface area contributed by atoms with E-state index in [0.717, 1.165) is 37.0 Å². The Bertz CT molecular complexity index is 805. The van der Waals surface area contributed by atoms with Crippen LogP contribution in [0.15, 0.2) is 30.5 Å². The van der Waals surface area contributed by atoms with Crippen LogP contribution in [-0.2, 0) is 6.18 Å². The third-order valence-electron chi connectivity index (χ3n) is 3.74. The summed E-state index contributed by atoms with van der Waals surface area (Å²) in [5.74, 6) is 1.01. The first-order valence-electron chi connectivity index (χ1n) is 7.81. The third kappa shape index (κ3) is 3.87. The van der Waals surface area contributed by atoms with Gasteiger partial charge in [-0.25, -0.2) is 4.98 Å². The number of fused-ring (bicyclic) bond motifs is 1. The molecule has 132 valence electrons. The van der Waals surface area contributed by atoms with Crippen LogP contribution in [-0.4, -0.2) is 23.1 Å². The lowest BCUT2D eigenvalue weighted by atomic mass is 10.2. The lowest BCUT2D eigenvalue weighted by molar-refractivity contribution is -0.137. The van der Waals surface area contributed by atoms with E-state index in [2.05, 4.69) is 27.1 Å². The number of aromatic nitrogens is 2. The van der Waals surface area contributed by atoms with Gasteiger partial charge in [-0.2, -0.15) is 18.2 Å². The maximum absolute atomic E-state index is 13.0. The second kappa shape index (κ2) is 6.92. The van der Waals surface area contributed by atoms with E-state index < -0.39 is 11.7 Å². The molecule has 3 rings (SSSR count). The summed E-state index contributed by atoms with van der Waals surface area (Å²) in [5, 5.41) is 2.48. The summed E-state index contributed by atoms with van der Waals surface area (Å²) in [5.41, 5.74) is 0.218. The Morgan fingerprint density at radius 2 is 2.12 bits per heavy atom. The van der Waals surface area contributed by atoms with Crippen LogP contribution < -0.4 is 10.2 Å². The van der Waals surface area contributed by atoms with Crippen LogP contribution >= 0.6 is 11.6 Å². The van der Waals surface area contributed by atoms with Crippen molar-refractivity contribution >= 4 is 35.1 Å². The van der Waals surface area contributed by atoms with Crippen LogP contribution in [0.1, 0.15) is 24.5 Å². The molecule has 0 fully saturated rings. The predicted octanol–water partition coefficient (Wildman–Crippen LogP) is 5.14.